The first-order valence-electron chi connectivity index (χ1n) is 9.16. The van der Waals surface area contributed by atoms with Crippen molar-refractivity contribution in [1.82, 2.24) is 14.8 Å². The number of hydrogen-bond acceptors (Lipinski definition) is 9. The number of aryl methyl sites for hydroxylation is 1. The van der Waals surface area contributed by atoms with Crippen LogP contribution >= 0.6 is 0 Å². The third kappa shape index (κ3) is 4.06. The van der Waals surface area contributed by atoms with Crippen LogP contribution in [-0.2, 0) is 28.5 Å². The fraction of sp³-hybridized carbons (Fsp3) is 0.556. The summed E-state index contributed by atoms with van der Waals surface area (Å²) in [6.07, 6.45) is -0.570. The van der Waals surface area contributed by atoms with E-state index in [2.05, 4.69) is 10.1 Å². The molecule has 0 bridgehead atoms. The molecule has 2 saturated heterocycles. The van der Waals surface area contributed by atoms with Gasteiger partial charge in [-0.25, -0.2) is 9.67 Å². The molecule has 0 spiro atoms. The summed E-state index contributed by atoms with van der Waals surface area (Å²) < 4.78 is 48.9. The van der Waals surface area contributed by atoms with E-state index in [1.54, 1.807) is 26.0 Å². The number of rotatable bonds is 6. The van der Waals surface area contributed by atoms with Gasteiger partial charge >= 0.3 is 0 Å². The minimum Gasteiger partial charge on any atom is -0.388 e. The Bertz CT molecular complexity index is 946. The summed E-state index contributed by atoms with van der Waals surface area (Å²) >= 11 is 0. The Kier molecular flexibility index (Phi) is 5.21. The second kappa shape index (κ2) is 7.42. The van der Waals surface area contributed by atoms with E-state index in [1.165, 1.54) is 29.5 Å². The molecule has 0 saturated carbocycles. The number of nitrogens with zero attached hydrogens (tertiary/aromatic N) is 3. The number of hydrogen-bond donors (Lipinski definition) is 1. The van der Waals surface area contributed by atoms with Crippen molar-refractivity contribution in [2.45, 2.75) is 62.1 Å². The number of fused-ring (bicyclic) bond motifs is 1. The maximum absolute atomic E-state index is 12.4. The fourth-order valence-corrected chi connectivity index (χ4v) is 4.46. The highest BCUT2D eigenvalue weighted by Crippen LogP contribution is 2.43. The molecule has 11 heteroatoms. The maximum atomic E-state index is 12.4. The summed E-state index contributed by atoms with van der Waals surface area (Å²) in [5.74, 6) is -0.852. The molecule has 0 unspecified atom stereocenters. The average Bonchev–Trinajstić information content (AvgIpc) is 3.34. The highest BCUT2D eigenvalue weighted by atomic mass is 32.2. The van der Waals surface area contributed by atoms with Crippen LogP contribution in [0, 0.1) is 6.92 Å². The first kappa shape index (κ1) is 20.4. The van der Waals surface area contributed by atoms with Crippen LogP contribution in [0.3, 0.4) is 0 Å². The first-order chi connectivity index (χ1) is 13.7. The Morgan fingerprint density at radius 3 is 2.66 bits per heavy atom. The molecule has 1 aromatic carbocycles. The number of aliphatic hydroxyl groups excluding tert-OH is 1. The molecule has 5 atom stereocenters. The van der Waals surface area contributed by atoms with Crippen LogP contribution in [0.4, 0.5) is 0 Å². The molecular weight excluding hydrogens is 402 g/mol. The van der Waals surface area contributed by atoms with Gasteiger partial charge in [0.25, 0.3) is 10.1 Å². The van der Waals surface area contributed by atoms with Gasteiger partial charge in [0.05, 0.1) is 11.5 Å². The normalized spacial score (nSPS) is 29.7. The highest BCUT2D eigenvalue weighted by Gasteiger charge is 2.57. The minimum atomic E-state index is -4.02. The lowest BCUT2D eigenvalue weighted by atomic mass is 10.0. The Labute approximate surface area is 168 Å². The second-order valence-corrected chi connectivity index (χ2v) is 9.17. The van der Waals surface area contributed by atoms with Crippen LogP contribution in [0.15, 0.2) is 41.8 Å². The number of ether oxygens (including phenoxy) is 3. The van der Waals surface area contributed by atoms with Crippen molar-refractivity contribution < 1.29 is 31.9 Å². The lowest BCUT2D eigenvalue weighted by Gasteiger charge is -2.28. The van der Waals surface area contributed by atoms with Gasteiger partial charge < -0.3 is 19.3 Å². The zero-order chi connectivity index (χ0) is 20.8. The second-order valence-electron chi connectivity index (χ2n) is 7.55. The highest BCUT2D eigenvalue weighted by molar-refractivity contribution is 7.86. The lowest BCUT2D eigenvalue weighted by molar-refractivity contribution is -0.220. The van der Waals surface area contributed by atoms with Crippen molar-refractivity contribution >= 4 is 10.1 Å². The Hall–Kier alpha value is -1.89. The summed E-state index contributed by atoms with van der Waals surface area (Å²) in [7, 11) is -4.02. The molecule has 2 aliphatic heterocycles. The van der Waals surface area contributed by atoms with Gasteiger partial charge in [-0.3, -0.25) is 4.18 Å². The van der Waals surface area contributed by atoms with Crippen molar-refractivity contribution in [1.29, 1.82) is 0 Å². The first-order valence-corrected chi connectivity index (χ1v) is 10.6. The molecule has 4 rings (SSSR count). The third-order valence-corrected chi connectivity index (χ3v) is 6.17. The van der Waals surface area contributed by atoms with Crippen LogP contribution in [0.2, 0.25) is 0 Å². The van der Waals surface area contributed by atoms with Crippen LogP contribution in [0.1, 0.15) is 25.5 Å². The molecule has 3 heterocycles. The number of aromatic nitrogens is 3. The van der Waals surface area contributed by atoms with Crippen molar-refractivity contribution in [3.05, 3.63) is 42.5 Å². The zero-order valence-corrected chi connectivity index (χ0v) is 17.0. The van der Waals surface area contributed by atoms with Gasteiger partial charge in [-0.05, 0) is 32.9 Å². The van der Waals surface area contributed by atoms with Crippen molar-refractivity contribution in [3.63, 3.8) is 0 Å². The molecular formula is C18H23N3O7S. The molecule has 2 fully saturated rings. The quantitative estimate of drug-likeness (QED) is 0.669. The van der Waals surface area contributed by atoms with Gasteiger partial charge in [0.15, 0.2) is 12.1 Å². The van der Waals surface area contributed by atoms with E-state index in [1.807, 2.05) is 6.92 Å². The maximum Gasteiger partial charge on any atom is 0.297 e. The van der Waals surface area contributed by atoms with Crippen LogP contribution in [0.5, 0.6) is 0 Å². The van der Waals surface area contributed by atoms with Gasteiger partial charge in [-0.15, -0.1) is 0 Å². The van der Waals surface area contributed by atoms with Crippen LogP contribution in [0.25, 0.3) is 0 Å². The van der Waals surface area contributed by atoms with Gasteiger partial charge in [-0.1, -0.05) is 17.7 Å². The van der Waals surface area contributed by atoms with Gasteiger partial charge in [0.2, 0.25) is 0 Å². The Morgan fingerprint density at radius 1 is 1.28 bits per heavy atom. The lowest BCUT2D eigenvalue weighted by Crippen LogP contribution is -2.41. The zero-order valence-electron chi connectivity index (χ0n) is 16.2. The molecule has 2 aliphatic rings. The summed E-state index contributed by atoms with van der Waals surface area (Å²) in [5.41, 5.74) is 0.925. The Morgan fingerprint density at radius 2 is 2.00 bits per heavy atom. The van der Waals surface area contributed by atoms with Crippen molar-refractivity contribution in [2.75, 3.05) is 6.61 Å². The fourth-order valence-electron chi connectivity index (χ4n) is 3.53. The van der Waals surface area contributed by atoms with E-state index in [4.69, 9.17) is 18.4 Å². The summed E-state index contributed by atoms with van der Waals surface area (Å²) in [6.45, 7) is 4.88. The molecule has 1 aromatic heterocycles. The molecule has 29 heavy (non-hydrogen) atoms. The molecule has 0 radical (unpaired) electrons. The Balaban J connectivity index is 1.49. The monoisotopic (exact) mass is 425 g/mol. The van der Waals surface area contributed by atoms with E-state index < -0.39 is 53.2 Å². The summed E-state index contributed by atoms with van der Waals surface area (Å²) in [6, 6.07) is 5.69. The van der Waals surface area contributed by atoms with Gasteiger partial charge in [0.1, 0.15) is 37.0 Å². The third-order valence-electron chi connectivity index (χ3n) is 4.88. The van der Waals surface area contributed by atoms with E-state index in [0.29, 0.717) is 0 Å². The van der Waals surface area contributed by atoms with E-state index in [-0.39, 0.29) is 4.90 Å². The molecule has 0 aliphatic carbocycles. The van der Waals surface area contributed by atoms with Crippen molar-refractivity contribution in [2.24, 2.45) is 0 Å². The largest absolute Gasteiger partial charge is 0.388 e. The molecule has 158 valence electrons. The van der Waals surface area contributed by atoms with Crippen molar-refractivity contribution in [3.8, 4) is 0 Å². The van der Waals surface area contributed by atoms with E-state index >= 15 is 0 Å². The van der Waals surface area contributed by atoms with E-state index in [9.17, 15) is 13.5 Å². The predicted molar refractivity (Wildman–Crippen MR) is 98.1 cm³/mol. The standard InChI is InChI=1S/C18H23N3O7S/c1-11-4-6-12(7-5-11)29(23,24)25-8-13(22)15-14(21-10-19-9-20-21)16-17(26-15)28-18(2,3)27-16/h4-7,9-10,13-17,22H,8H2,1-3H3/t13-,14+,15-,16-,17-/m1/s1. The molecule has 10 nitrogen and oxygen atoms in total. The molecule has 1 N–H and O–H groups in total. The molecule has 0 amide bonds. The van der Waals surface area contributed by atoms with Gasteiger partial charge in [-0.2, -0.15) is 13.5 Å². The van der Waals surface area contributed by atoms with Crippen LogP contribution < -0.4 is 0 Å². The van der Waals surface area contributed by atoms with E-state index in [0.717, 1.165) is 5.56 Å². The minimum absolute atomic E-state index is 0.0146. The number of benzene rings is 1. The summed E-state index contributed by atoms with van der Waals surface area (Å²) in [5, 5.41) is 14.8. The SMILES string of the molecule is Cc1ccc(S(=O)(=O)OC[C@@H](O)[C@H]2O[C@@H]3OC(C)(C)O[C@@H]3[C@H]2n2cncn2)cc1. The smallest absolute Gasteiger partial charge is 0.297 e. The molecule has 2 aromatic rings. The summed E-state index contributed by atoms with van der Waals surface area (Å²) in [4.78, 5) is 3.95. The van der Waals surface area contributed by atoms with Crippen LogP contribution in [-0.4, -0.2) is 65.3 Å². The predicted octanol–water partition coefficient (Wildman–Crippen LogP) is 0.770. The topological polar surface area (TPSA) is 122 Å². The number of aliphatic hydroxyl groups is 1. The average molecular weight is 425 g/mol. The van der Waals surface area contributed by atoms with Gasteiger partial charge in [0, 0.05) is 0 Å².